The van der Waals surface area contributed by atoms with E-state index < -0.39 is 10.0 Å². The van der Waals surface area contributed by atoms with Gasteiger partial charge < -0.3 is 0 Å². The third-order valence-corrected chi connectivity index (χ3v) is 5.37. The minimum absolute atomic E-state index is 0.0160. The van der Waals surface area contributed by atoms with Crippen LogP contribution in [0, 0.1) is 5.41 Å². The normalized spacial score (nSPS) is 22.6. The van der Waals surface area contributed by atoms with Gasteiger partial charge in [-0.15, -0.1) is 0 Å². The molecule has 1 fully saturated rings. The highest BCUT2D eigenvalue weighted by atomic mass is 35.5. The second-order valence-electron chi connectivity index (χ2n) is 5.83. The molecule has 1 aliphatic rings. The Balaban J connectivity index is 2.19. The summed E-state index contributed by atoms with van der Waals surface area (Å²) in [5.41, 5.74) is 0.194. The SMILES string of the molecule is CC1(C)CCC(NS(=O)(=O)c2cc(Cl)cc(Cl)c2)C1. The van der Waals surface area contributed by atoms with Gasteiger partial charge in [0.05, 0.1) is 4.90 Å². The fraction of sp³-hybridized carbons (Fsp3) is 0.538. The number of hydrogen-bond acceptors (Lipinski definition) is 2. The van der Waals surface area contributed by atoms with E-state index in [1.165, 1.54) is 18.2 Å². The van der Waals surface area contributed by atoms with Crippen LogP contribution in [-0.4, -0.2) is 14.5 Å². The second kappa shape index (κ2) is 5.24. The van der Waals surface area contributed by atoms with Crippen molar-refractivity contribution in [2.45, 2.75) is 44.0 Å². The van der Waals surface area contributed by atoms with Crippen molar-refractivity contribution in [2.75, 3.05) is 0 Å². The molecule has 19 heavy (non-hydrogen) atoms. The third kappa shape index (κ3) is 3.85. The summed E-state index contributed by atoms with van der Waals surface area (Å²) in [6.07, 6.45) is 2.73. The number of rotatable bonds is 3. The highest BCUT2D eigenvalue weighted by Crippen LogP contribution is 2.37. The predicted molar refractivity (Wildman–Crippen MR) is 78.2 cm³/mol. The van der Waals surface area contributed by atoms with Gasteiger partial charge in [0.2, 0.25) is 10.0 Å². The Bertz CT molecular complexity index is 564. The van der Waals surface area contributed by atoms with Gasteiger partial charge in [0, 0.05) is 16.1 Å². The zero-order chi connectivity index (χ0) is 14.3. The van der Waals surface area contributed by atoms with E-state index in [1.54, 1.807) is 0 Å². The zero-order valence-electron chi connectivity index (χ0n) is 10.9. The molecular weight excluding hydrogens is 305 g/mol. The Hall–Kier alpha value is -0.290. The molecule has 0 saturated heterocycles. The number of hydrogen-bond donors (Lipinski definition) is 1. The van der Waals surface area contributed by atoms with Crippen molar-refractivity contribution >= 4 is 33.2 Å². The molecule has 2 rings (SSSR count). The number of nitrogens with one attached hydrogen (secondary N) is 1. The Kier molecular flexibility index (Phi) is 4.17. The summed E-state index contributed by atoms with van der Waals surface area (Å²) in [6.45, 7) is 4.30. The fourth-order valence-electron chi connectivity index (χ4n) is 2.51. The minimum atomic E-state index is -3.56. The van der Waals surface area contributed by atoms with Crippen molar-refractivity contribution in [3.05, 3.63) is 28.2 Å². The molecule has 0 bridgehead atoms. The molecule has 1 N–H and O–H groups in total. The van der Waals surface area contributed by atoms with Crippen molar-refractivity contribution in [3.63, 3.8) is 0 Å². The first-order chi connectivity index (χ1) is 8.68. The molecule has 1 unspecified atom stereocenters. The maximum atomic E-state index is 12.3. The molecule has 1 saturated carbocycles. The average molecular weight is 322 g/mol. The van der Waals surface area contributed by atoms with E-state index in [1.807, 2.05) is 0 Å². The minimum Gasteiger partial charge on any atom is -0.208 e. The molecular formula is C13H17Cl2NO2S. The molecule has 0 amide bonds. The summed E-state index contributed by atoms with van der Waals surface area (Å²) in [6, 6.07) is 4.32. The van der Waals surface area contributed by atoms with Crippen LogP contribution in [-0.2, 0) is 10.0 Å². The Morgan fingerprint density at radius 3 is 2.26 bits per heavy atom. The summed E-state index contributed by atoms with van der Waals surface area (Å²) in [5.74, 6) is 0. The maximum Gasteiger partial charge on any atom is 0.240 e. The van der Waals surface area contributed by atoms with Crippen molar-refractivity contribution in [1.82, 2.24) is 4.72 Å². The lowest BCUT2D eigenvalue weighted by Crippen LogP contribution is -2.33. The standard InChI is InChI=1S/C13H17Cl2NO2S/c1-13(2)4-3-11(8-13)16-19(17,18)12-6-9(14)5-10(15)7-12/h5-7,11,16H,3-4,8H2,1-2H3. The molecule has 1 aromatic carbocycles. The highest BCUT2D eigenvalue weighted by Gasteiger charge is 2.33. The monoisotopic (exact) mass is 321 g/mol. The van der Waals surface area contributed by atoms with Gasteiger partial charge in [-0.1, -0.05) is 37.0 Å². The molecule has 1 aromatic rings. The lowest BCUT2D eigenvalue weighted by atomic mass is 9.92. The van der Waals surface area contributed by atoms with Crippen LogP contribution >= 0.6 is 23.2 Å². The van der Waals surface area contributed by atoms with Gasteiger partial charge in [0.15, 0.2) is 0 Å². The van der Waals surface area contributed by atoms with E-state index in [9.17, 15) is 8.42 Å². The number of halogens is 2. The summed E-state index contributed by atoms with van der Waals surface area (Å²) < 4.78 is 27.3. The smallest absolute Gasteiger partial charge is 0.208 e. The Labute approximate surface area is 124 Å². The second-order valence-corrected chi connectivity index (χ2v) is 8.42. The van der Waals surface area contributed by atoms with Gasteiger partial charge in [0.1, 0.15) is 0 Å². The predicted octanol–water partition coefficient (Wildman–Crippen LogP) is 3.85. The van der Waals surface area contributed by atoms with E-state index in [2.05, 4.69) is 18.6 Å². The number of sulfonamides is 1. The van der Waals surface area contributed by atoms with E-state index in [0.29, 0.717) is 10.0 Å². The van der Waals surface area contributed by atoms with Gasteiger partial charge in [-0.05, 0) is 42.9 Å². The highest BCUT2D eigenvalue weighted by molar-refractivity contribution is 7.89. The summed E-state index contributed by atoms with van der Waals surface area (Å²) >= 11 is 11.7. The largest absolute Gasteiger partial charge is 0.240 e. The quantitative estimate of drug-likeness (QED) is 0.919. The van der Waals surface area contributed by atoms with Gasteiger partial charge in [-0.3, -0.25) is 0 Å². The Morgan fingerprint density at radius 2 is 1.79 bits per heavy atom. The first kappa shape index (κ1) is 15.1. The number of benzene rings is 1. The molecule has 3 nitrogen and oxygen atoms in total. The molecule has 0 heterocycles. The van der Waals surface area contributed by atoms with Crippen LogP contribution in [0.15, 0.2) is 23.1 Å². The summed E-state index contributed by atoms with van der Waals surface area (Å²) in [5, 5.41) is 0.638. The lowest BCUT2D eigenvalue weighted by Gasteiger charge is -2.18. The molecule has 0 aromatic heterocycles. The first-order valence-corrected chi connectivity index (χ1v) is 8.40. The lowest BCUT2D eigenvalue weighted by molar-refractivity contribution is 0.372. The van der Waals surface area contributed by atoms with Crippen LogP contribution in [0.3, 0.4) is 0 Å². The van der Waals surface area contributed by atoms with E-state index in [0.717, 1.165) is 19.3 Å². The molecule has 1 aliphatic carbocycles. The van der Waals surface area contributed by atoms with Crippen LogP contribution in [0.4, 0.5) is 0 Å². The fourth-order valence-corrected chi connectivity index (χ4v) is 4.50. The topological polar surface area (TPSA) is 46.2 Å². The van der Waals surface area contributed by atoms with Crippen LogP contribution in [0.25, 0.3) is 0 Å². The molecule has 0 spiro atoms. The average Bonchev–Trinajstić information content (AvgIpc) is 2.55. The van der Waals surface area contributed by atoms with E-state index in [4.69, 9.17) is 23.2 Å². The third-order valence-electron chi connectivity index (χ3n) is 3.44. The summed E-state index contributed by atoms with van der Waals surface area (Å²) in [7, 11) is -3.56. The summed E-state index contributed by atoms with van der Waals surface area (Å²) in [4.78, 5) is 0.120. The zero-order valence-corrected chi connectivity index (χ0v) is 13.2. The Morgan fingerprint density at radius 1 is 1.21 bits per heavy atom. The van der Waals surface area contributed by atoms with Gasteiger partial charge in [0.25, 0.3) is 0 Å². The van der Waals surface area contributed by atoms with Crippen LogP contribution in [0.2, 0.25) is 10.0 Å². The van der Waals surface area contributed by atoms with Crippen molar-refractivity contribution < 1.29 is 8.42 Å². The van der Waals surface area contributed by atoms with Gasteiger partial charge in [-0.2, -0.15) is 0 Å². The van der Waals surface area contributed by atoms with Crippen LogP contribution in [0.1, 0.15) is 33.1 Å². The van der Waals surface area contributed by atoms with Gasteiger partial charge in [-0.25, -0.2) is 13.1 Å². The molecule has 6 heteroatoms. The molecule has 106 valence electrons. The van der Waals surface area contributed by atoms with E-state index in [-0.39, 0.29) is 16.4 Å². The van der Waals surface area contributed by atoms with Crippen molar-refractivity contribution in [3.8, 4) is 0 Å². The molecule has 0 aliphatic heterocycles. The first-order valence-electron chi connectivity index (χ1n) is 6.16. The van der Waals surface area contributed by atoms with Crippen molar-refractivity contribution in [1.29, 1.82) is 0 Å². The van der Waals surface area contributed by atoms with Gasteiger partial charge >= 0.3 is 0 Å². The van der Waals surface area contributed by atoms with E-state index >= 15 is 0 Å². The maximum absolute atomic E-state index is 12.3. The van der Waals surface area contributed by atoms with Crippen LogP contribution < -0.4 is 4.72 Å². The van der Waals surface area contributed by atoms with Crippen LogP contribution in [0.5, 0.6) is 0 Å². The molecule has 0 radical (unpaired) electrons. The van der Waals surface area contributed by atoms with Crippen molar-refractivity contribution in [2.24, 2.45) is 5.41 Å². The molecule has 1 atom stereocenters.